The van der Waals surface area contributed by atoms with Crippen LogP contribution in [-0.4, -0.2) is 38.7 Å². The highest BCUT2D eigenvalue weighted by Gasteiger charge is 2.09. The summed E-state index contributed by atoms with van der Waals surface area (Å²) in [5, 5.41) is 5.44. The van der Waals surface area contributed by atoms with Gasteiger partial charge in [-0.25, -0.2) is 0 Å². The van der Waals surface area contributed by atoms with E-state index in [2.05, 4.69) is 10.6 Å². The van der Waals surface area contributed by atoms with E-state index in [1.54, 1.807) is 30.3 Å². The Hall–Kier alpha value is -3.22. The highest BCUT2D eigenvalue weighted by atomic mass is 16.5. The number of rotatable bonds is 10. The molecule has 2 amide bonds. The van der Waals surface area contributed by atoms with E-state index in [1.165, 1.54) is 7.11 Å². The van der Waals surface area contributed by atoms with Crippen LogP contribution in [-0.2, 0) is 16.1 Å². The van der Waals surface area contributed by atoms with Crippen molar-refractivity contribution in [1.82, 2.24) is 10.6 Å². The molecule has 2 rings (SSSR count). The van der Waals surface area contributed by atoms with Crippen LogP contribution in [0.2, 0.25) is 0 Å². The molecule has 0 atom stereocenters. The first-order chi connectivity index (χ1) is 13.1. The van der Waals surface area contributed by atoms with Gasteiger partial charge in [0.1, 0.15) is 5.75 Å². The van der Waals surface area contributed by atoms with Crippen molar-refractivity contribution in [1.29, 1.82) is 0 Å². The van der Waals surface area contributed by atoms with E-state index in [0.717, 1.165) is 5.56 Å². The second-order valence-corrected chi connectivity index (χ2v) is 5.61. The van der Waals surface area contributed by atoms with E-state index in [0.29, 0.717) is 30.3 Å². The molecule has 0 heterocycles. The van der Waals surface area contributed by atoms with Gasteiger partial charge in [0, 0.05) is 13.1 Å². The van der Waals surface area contributed by atoms with Gasteiger partial charge in [0.15, 0.2) is 24.7 Å². The highest BCUT2D eigenvalue weighted by molar-refractivity contribution is 5.78. The van der Waals surface area contributed by atoms with Gasteiger partial charge in [0.05, 0.1) is 7.11 Å². The summed E-state index contributed by atoms with van der Waals surface area (Å²) < 4.78 is 16.2. The number of methoxy groups -OCH3 is 1. The summed E-state index contributed by atoms with van der Waals surface area (Å²) in [5.41, 5.74) is 0.838. The maximum absolute atomic E-state index is 11.9. The molecular formula is C20H24N2O5. The predicted octanol–water partition coefficient (Wildman–Crippen LogP) is 1.91. The monoisotopic (exact) mass is 372 g/mol. The number of ether oxygens (including phenoxy) is 3. The van der Waals surface area contributed by atoms with Crippen molar-refractivity contribution in [2.45, 2.75) is 13.5 Å². The molecule has 0 unspecified atom stereocenters. The van der Waals surface area contributed by atoms with Crippen molar-refractivity contribution in [3.05, 3.63) is 54.1 Å². The maximum Gasteiger partial charge on any atom is 0.258 e. The first kappa shape index (κ1) is 20.1. The van der Waals surface area contributed by atoms with E-state index < -0.39 is 0 Å². The first-order valence-corrected chi connectivity index (χ1v) is 8.63. The number of para-hydroxylation sites is 1. The number of nitrogens with one attached hydrogen (secondary N) is 2. The molecule has 0 saturated carbocycles. The smallest absolute Gasteiger partial charge is 0.258 e. The minimum Gasteiger partial charge on any atom is -0.493 e. The number of hydrogen-bond acceptors (Lipinski definition) is 5. The Labute approximate surface area is 158 Å². The summed E-state index contributed by atoms with van der Waals surface area (Å²) in [7, 11) is 1.52. The third kappa shape index (κ3) is 6.89. The molecule has 7 heteroatoms. The molecular weight excluding hydrogens is 348 g/mol. The summed E-state index contributed by atoms with van der Waals surface area (Å²) >= 11 is 0. The van der Waals surface area contributed by atoms with Crippen molar-refractivity contribution in [3.63, 3.8) is 0 Å². The molecule has 2 N–H and O–H groups in total. The summed E-state index contributed by atoms with van der Waals surface area (Å²) in [4.78, 5) is 23.4. The number of benzene rings is 2. The number of likely N-dealkylation sites (N-methyl/N-ethyl adjacent to an activating group) is 1. The van der Waals surface area contributed by atoms with Crippen LogP contribution in [0.3, 0.4) is 0 Å². The quantitative estimate of drug-likeness (QED) is 0.665. The third-order valence-corrected chi connectivity index (χ3v) is 3.56. The zero-order valence-corrected chi connectivity index (χ0v) is 15.5. The molecule has 7 nitrogen and oxygen atoms in total. The molecule has 27 heavy (non-hydrogen) atoms. The molecule has 2 aromatic rings. The largest absolute Gasteiger partial charge is 0.493 e. The molecule has 0 fully saturated rings. The van der Waals surface area contributed by atoms with Crippen LogP contribution >= 0.6 is 0 Å². The van der Waals surface area contributed by atoms with Gasteiger partial charge in [-0.05, 0) is 36.8 Å². The van der Waals surface area contributed by atoms with Crippen LogP contribution in [0.25, 0.3) is 0 Å². The van der Waals surface area contributed by atoms with Gasteiger partial charge in [-0.15, -0.1) is 0 Å². The van der Waals surface area contributed by atoms with E-state index in [9.17, 15) is 9.59 Å². The fourth-order valence-electron chi connectivity index (χ4n) is 2.25. The number of hydrogen-bond donors (Lipinski definition) is 2. The van der Waals surface area contributed by atoms with Crippen molar-refractivity contribution in [3.8, 4) is 17.2 Å². The van der Waals surface area contributed by atoms with Crippen LogP contribution in [0.4, 0.5) is 0 Å². The van der Waals surface area contributed by atoms with E-state index >= 15 is 0 Å². The zero-order valence-electron chi connectivity index (χ0n) is 15.5. The average molecular weight is 372 g/mol. The summed E-state index contributed by atoms with van der Waals surface area (Å²) in [6.45, 7) is 2.56. The standard InChI is InChI=1S/C20H24N2O5/c1-3-21-19(23)14-27-17-10-9-15(11-18(17)25-2)12-22-20(24)13-26-16-7-5-4-6-8-16/h4-11H,3,12-14H2,1-2H3,(H,21,23)(H,22,24). The lowest BCUT2D eigenvalue weighted by Crippen LogP contribution is -2.28. The topological polar surface area (TPSA) is 85.9 Å². The van der Waals surface area contributed by atoms with E-state index in [1.807, 2.05) is 25.1 Å². The molecule has 0 aliphatic carbocycles. The van der Waals surface area contributed by atoms with Crippen LogP contribution in [0, 0.1) is 0 Å². The first-order valence-electron chi connectivity index (χ1n) is 8.63. The van der Waals surface area contributed by atoms with Gasteiger partial charge < -0.3 is 24.8 Å². The molecule has 0 radical (unpaired) electrons. The Morgan fingerprint density at radius 3 is 2.30 bits per heavy atom. The molecule has 0 aliphatic rings. The van der Waals surface area contributed by atoms with Crippen molar-refractivity contribution < 1.29 is 23.8 Å². The summed E-state index contributed by atoms with van der Waals surface area (Å²) in [5.74, 6) is 1.17. The molecule has 2 aromatic carbocycles. The predicted molar refractivity (Wildman–Crippen MR) is 101 cm³/mol. The SMILES string of the molecule is CCNC(=O)COc1ccc(CNC(=O)COc2ccccc2)cc1OC. The highest BCUT2D eigenvalue weighted by Crippen LogP contribution is 2.28. The minimum atomic E-state index is -0.227. The van der Waals surface area contributed by atoms with Crippen molar-refractivity contribution in [2.24, 2.45) is 0 Å². The Kier molecular flexibility index (Phi) is 7.96. The second kappa shape index (κ2) is 10.7. The number of carbonyl (C=O) groups excluding carboxylic acids is 2. The zero-order chi connectivity index (χ0) is 19.5. The van der Waals surface area contributed by atoms with Crippen LogP contribution in [0.1, 0.15) is 12.5 Å². The Morgan fingerprint density at radius 1 is 0.889 bits per heavy atom. The normalized spacial score (nSPS) is 10.0. The van der Waals surface area contributed by atoms with Gasteiger partial charge >= 0.3 is 0 Å². The number of carbonyl (C=O) groups is 2. The van der Waals surface area contributed by atoms with E-state index in [4.69, 9.17) is 14.2 Å². The van der Waals surface area contributed by atoms with Gasteiger partial charge in [0.2, 0.25) is 0 Å². The Balaban J connectivity index is 1.83. The fourth-order valence-corrected chi connectivity index (χ4v) is 2.25. The molecule has 0 saturated heterocycles. The molecule has 0 aromatic heterocycles. The lowest BCUT2D eigenvalue weighted by Gasteiger charge is -2.12. The lowest BCUT2D eigenvalue weighted by molar-refractivity contribution is -0.123. The second-order valence-electron chi connectivity index (χ2n) is 5.61. The Morgan fingerprint density at radius 2 is 1.59 bits per heavy atom. The van der Waals surface area contributed by atoms with E-state index in [-0.39, 0.29) is 25.0 Å². The molecule has 0 aliphatic heterocycles. The molecule has 0 bridgehead atoms. The van der Waals surface area contributed by atoms with Gasteiger partial charge in [-0.2, -0.15) is 0 Å². The summed E-state index contributed by atoms with van der Waals surface area (Å²) in [6, 6.07) is 14.4. The van der Waals surface area contributed by atoms with Crippen LogP contribution in [0.15, 0.2) is 48.5 Å². The van der Waals surface area contributed by atoms with Crippen molar-refractivity contribution >= 4 is 11.8 Å². The average Bonchev–Trinajstić information content (AvgIpc) is 2.70. The van der Waals surface area contributed by atoms with Crippen LogP contribution in [0.5, 0.6) is 17.2 Å². The van der Waals surface area contributed by atoms with Crippen molar-refractivity contribution in [2.75, 3.05) is 26.9 Å². The minimum absolute atomic E-state index is 0.0606. The fraction of sp³-hybridized carbons (Fsp3) is 0.300. The third-order valence-electron chi connectivity index (χ3n) is 3.56. The van der Waals surface area contributed by atoms with Gasteiger partial charge in [-0.3, -0.25) is 9.59 Å². The maximum atomic E-state index is 11.9. The molecule has 144 valence electrons. The van der Waals surface area contributed by atoms with Gasteiger partial charge in [-0.1, -0.05) is 24.3 Å². The number of amides is 2. The molecule has 0 spiro atoms. The lowest BCUT2D eigenvalue weighted by atomic mass is 10.2. The van der Waals surface area contributed by atoms with Crippen LogP contribution < -0.4 is 24.8 Å². The van der Waals surface area contributed by atoms with Gasteiger partial charge in [0.25, 0.3) is 11.8 Å². The Bertz CT molecular complexity index is 749. The summed E-state index contributed by atoms with van der Waals surface area (Å²) in [6.07, 6.45) is 0.